The second-order valence-electron chi connectivity index (χ2n) is 4.89. The molecular weight excluding hydrogens is 220 g/mol. The molecule has 0 radical (unpaired) electrons. The van der Waals surface area contributed by atoms with Crippen LogP contribution in [0.5, 0.6) is 0 Å². The summed E-state index contributed by atoms with van der Waals surface area (Å²) in [5.41, 5.74) is 2.38. The summed E-state index contributed by atoms with van der Waals surface area (Å²) in [5.74, 6) is 0.280. The van der Waals surface area contributed by atoms with Crippen LogP contribution in [-0.2, 0) is 0 Å². The highest BCUT2D eigenvalue weighted by molar-refractivity contribution is 5.25. The minimum Gasteiger partial charge on any atom is -0.392 e. The van der Waals surface area contributed by atoms with Crippen molar-refractivity contribution in [2.45, 2.75) is 31.8 Å². The van der Waals surface area contributed by atoms with E-state index >= 15 is 0 Å². The highest BCUT2D eigenvalue weighted by Crippen LogP contribution is 2.29. The number of rotatable bonds is 4. The first-order valence-corrected chi connectivity index (χ1v) is 6.48. The Morgan fingerprint density at radius 2 is 1.00 bits per heavy atom. The highest BCUT2D eigenvalue weighted by Gasteiger charge is 2.23. The average molecular weight is 240 g/mol. The third kappa shape index (κ3) is 2.80. The summed E-state index contributed by atoms with van der Waals surface area (Å²) < 4.78 is 0. The monoisotopic (exact) mass is 240 g/mol. The molecule has 1 N–H and O–H groups in total. The van der Waals surface area contributed by atoms with Crippen LogP contribution in [0.1, 0.15) is 36.8 Å². The van der Waals surface area contributed by atoms with Gasteiger partial charge in [0, 0.05) is 11.8 Å². The number of benzene rings is 2. The molecular formula is C17H20O. The number of aliphatic hydroxyl groups excluding tert-OH is 1. The van der Waals surface area contributed by atoms with Gasteiger partial charge in [-0.05, 0) is 11.1 Å². The van der Waals surface area contributed by atoms with E-state index in [0.29, 0.717) is 0 Å². The van der Waals surface area contributed by atoms with Crippen LogP contribution in [-0.4, -0.2) is 11.2 Å². The smallest absolute Gasteiger partial charge is 0.0671 e. The van der Waals surface area contributed by atoms with Crippen molar-refractivity contribution in [3.8, 4) is 0 Å². The zero-order valence-electron chi connectivity index (χ0n) is 11.0. The van der Waals surface area contributed by atoms with Gasteiger partial charge >= 0.3 is 0 Å². The fraction of sp³-hybridized carbons (Fsp3) is 0.294. The van der Waals surface area contributed by atoms with Gasteiger partial charge in [0.2, 0.25) is 0 Å². The lowest BCUT2D eigenvalue weighted by molar-refractivity contribution is 0.125. The summed E-state index contributed by atoms with van der Waals surface area (Å²) in [6, 6.07) is 20.4. The predicted octanol–water partition coefficient (Wildman–Crippen LogP) is 3.95. The fourth-order valence-electron chi connectivity index (χ4n) is 2.34. The van der Waals surface area contributed by atoms with Gasteiger partial charge in [0.1, 0.15) is 0 Å². The molecule has 2 rings (SSSR count). The predicted molar refractivity (Wildman–Crippen MR) is 75.7 cm³/mol. The van der Waals surface area contributed by atoms with Gasteiger partial charge in [-0.2, -0.15) is 0 Å². The molecule has 2 unspecified atom stereocenters. The zero-order valence-corrected chi connectivity index (χ0v) is 11.0. The maximum absolute atomic E-state index is 10.5. The summed E-state index contributed by atoms with van der Waals surface area (Å²) in [5, 5.41) is 10.5. The molecule has 1 nitrogen and oxygen atoms in total. The van der Waals surface area contributed by atoms with E-state index in [9.17, 15) is 5.11 Å². The van der Waals surface area contributed by atoms with Crippen molar-refractivity contribution in [1.29, 1.82) is 0 Å². The van der Waals surface area contributed by atoms with E-state index in [1.807, 2.05) is 36.4 Å². The molecule has 0 aliphatic heterocycles. The molecule has 0 aliphatic rings. The molecule has 2 atom stereocenters. The van der Waals surface area contributed by atoms with Crippen LogP contribution >= 0.6 is 0 Å². The second-order valence-corrected chi connectivity index (χ2v) is 4.89. The Bertz CT molecular complexity index is 418. The van der Waals surface area contributed by atoms with Gasteiger partial charge in [0.15, 0.2) is 0 Å². The second kappa shape index (κ2) is 5.83. The first-order valence-electron chi connectivity index (χ1n) is 6.48. The van der Waals surface area contributed by atoms with E-state index < -0.39 is 0 Å². The third-order valence-electron chi connectivity index (χ3n) is 3.68. The van der Waals surface area contributed by atoms with Gasteiger partial charge in [-0.15, -0.1) is 0 Å². The maximum Gasteiger partial charge on any atom is 0.0671 e. The van der Waals surface area contributed by atoms with Crippen molar-refractivity contribution in [3.63, 3.8) is 0 Å². The van der Waals surface area contributed by atoms with Crippen molar-refractivity contribution in [2.24, 2.45) is 0 Å². The summed E-state index contributed by atoms with van der Waals surface area (Å²) in [4.78, 5) is 0. The SMILES string of the molecule is CC(c1ccccc1)C(O)C(C)c1ccccc1. The molecule has 0 heterocycles. The van der Waals surface area contributed by atoms with Crippen LogP contribution in [0.2, 0.25) is 0 Å². The lowest BCUT2D eigenvalue weighted by atomic mass is 9.84. The van der Waals surface area contributed by atoms with Crippen LogP contribution in [0, 0.1) is 0 Å². The van der Waals surface area contributed by atoms with Crippen LogP contribution < -0.4 is 0 Å². The first-order chi connectivity index (χ1) is 8.70. The van der Waals surface area contributed by atoms with Crippen molar-refractivity contribution in [3.05, 3.63) is 71.8 Å². The molecule has 0 saturated heterocycles. The Hall–Kier alpha value is -1.60. The summed E-state index contributed by atoms with van der Waals surface area (Å²) in [6.07, 6.45) is -0.366. The van der Waals surface area contributed by atoms with Crippen molar-refractivity contribution in [1.82, 2.24) is 0 Å². The largest absolute Gasteiger partial charge is 0.392 e. The minimum atomic E-state index is -0.366. The molecule has 2 aromatic carbocycles. The quantitative estimate of drug-likeness (QED) is 0.857. The molecule has 0 aliphatic carbocycles. The van der Waals surface area contributed by atoms with E-state index in [1.54, 1.807) is 0 Å². The van der Waals surface area contributed by atoms with E-state index in [1.165, 1.54) is 11.1 Å². The molecule has 1 heteroatoms. The summed E-state index contributed by atoms with van der Waals surface area (Å²) in [6.45, 7) is 4.17. The Balaban J connectivity index is 2.14. The van der Waals surface area contributed by atoms with E-state index in [4.69, 9.17) is 0 Å². The lowest BCUT2D eigenvalue weighted by Crippen LogP contribution is -2.22. The van der Waals surface area contributed by atoms with Gasteiger partial charge in [-0.3, -0.25) is 0 Å². The summed E-state index contributed by atoms with van der Waals surface area (Å²) >= 11 is 0. The minimum absolute atomic E-state index is 0.140. The molecule has 94 valence electrons. The number of hydrogen-bond acceptors (Lipinski definition) is 1. The Labute approximate surface area is 109 Å². The first kappa shape index (κ1) is 12.8. The standard InChI is InChI=1S/C17H20O/c1-13(15-9-5-3-6-10-15)17(18)14(2)16-11-7-4-8-12-16/h3-14,17-18H,1-2H3. The van der Waals surface area contributed by atoms with Crippen molar-refractivity contribution in [2.75, 3.05) is 0 Å². The van der Waals surface area contributed by atoms with Crippen LogP contribution in [0.15, 0.2) is 60.7 Å². The zero-order chi connectivity index (χ0) is 13.0. The lowest BCUT2D eigenvalue weighted by Gasteiger charge is -2.25. The van der Waals surface area contributed by atoms with Crippen LogP contribution in [0.25, 0.3) is 0 Å². The van der Waals surface area contributed by atoms with Crippen LogP contribution in [0.3, 0.4) is 0 Å². The number of hydrogen-bond donors (Lipinski definition) is 1. The number of aliphatic hydroxyl groups is 1. The van der Waals surface area contributed by atoms with Gasteiger partial charge < -0.3 is 5.11 Å². The average Bonchev–Trinajstić information content (AvgIpc) is 2.47. The van der Waals surface area contributed by atoms with E-state index in [-0.39, 0.29) is 17.9 Å². The molecule has 0 spiro atoms. The van der Waals surface area contributed by atoms with Crippen molar-refractivity contribution < 1.29 is 5.11 Å². The van der Waals surface area contributed by atoms with Gasteiger partial charge in [-0.1, -0.05) is 74.5 Å². The topological polar surface area (TPSA) is 20.2 Å². The van der Waals surface area contributed by atoms with Gasteiger partial charge in [0.05, 0.1) is 6.10 Å². The molecule has 0 fully saturated rings. The molecule has 0 bridgehead atoms. The molecule has 18 heavy (non-hydrogen) atoms. The third-order valence-corrected chi connectivity index (χ3v) is 3.68. The molecule has 0 aromatic heterocycles. The summed E-state index contributed by atoms with van der Waals surface area (Å²) in [7, 11) is 0. The molecule has 0 amide bonds. The fourth-order valence-corrected chi connectivity index (χ4v) is 2.34. The van der Waals surface area contributed by atoms with Crippen LogP contribution in [0.4, 0.5) is 0 Å². The van der Waals surface area contributed by atoms with Gasteiger partial charge in [0.25, 0.3) is 0 Å². The Kier molecular flexibility index (Phi) is 4.16. The Morgan fingerprint density at radius 3 is 1.33 bits per heavy atom. The van der Waals surface area contributed by atoms with Gasteiger partial charge in [-0.25, -0.2) is 0 Å². The normalized spacial score (nSPS) is 15.9. The van der Waals surface area contributed by atoms with E-state index in [0.717, 1.165) is 0 Å². The highest BCUT2D eigenvalue weighted by atomic mass is 16.3. The maximum atomic E-state index is 10.5. The molecule has 2 aromatic rings. The molecule has 0 saturated carbocycles. The van der Waals surface area contributed by atoms with E-state index in [2.05, 4.69) is 38.1 Å². The Morgan fingerprint density at radius 1 is 0.667 bits per heavy atom. The van der Waals surface area contributed by atoms with Crippen molar-refractivity contribution >= 4 is 0 Å².